The second-order valence-corrected chi connectivity index (χ2v) is 3.80. The maximum Gasteiger partial charge on any atom is 0.0113 e. The van der Waals surface area contributed by atoms with E-state index in [1.54, 1.807) is 11.3 Å². The van der Waals surface area contributed by atoms with Crippen molar-refractivity contribution in [1.82, 2.24) is 0 Å². The molecule has 0 saturated heterocycles. The first kappa shape index (κ1) is 11.5. The van der Waals surface area contributed by atoms with E-state index in [0.717, 1.165) is 11.5 Å². The molecule has 0 nitrogen and oxygen atoms in total. The molecule has 0 N–H and O–H groups in total. The third kappa shape index (κ3) is 9.53. The standard InChI is InChI=1S/C6H10S.C4H4S/c1-3-5-7-6-4-2;1-2-4-5-3-1/h3-4H,1-2,5-6H2;1-4H. The Morgan fingerprint density at radius 3 is 1.83 bits per heavy atom. The molecule has 1 heterocycles. The van der Waals surface area contributed by atoms with Crippen LogP contribution in [-0.2, 0) is 0 Å². The molecule has 0 saturated carbocycles. The fourth-order valence-corrected chi connectivity index (χ4v) is 1.38. The van der Waals surface area contributed by atoms with Crippen LogP contribution in [0, 0.1) is 0 Å². The van der Waals surface area contributed by atoms with Gasteiger partial charge in [-0.15, -0.1) is 13.2 Å². The number of rotatable bonds is 4. The van der Waals surface area contributed by atoms with Gasteiger partial charge in [0.25, 0.3) is 0 Å². The number of thiophene rings is 1. The molecule has 0 atom stereocenters. The highest BCUT2D eigenvalue weighted by atomic mass is 32.2. The summed E-state index contributed by atoms with van der Waals surface area (Å²) >= 11 is 3.53. The average Bonchev–Trinajstić information content (AvgIpc) is 2.62. The van der Waals surface area contributed by atoms with E-state index in [2.05, 4.69) is 13.2 Å². The van der Waals surface area contributed by atoms with Crippen LogP contribution in [0.3, 0.4) is 0 Å². The Hall–Kier alpha value is -0.470. The first-order chi connectivity index (χ1) is 5.91. The average molecular weight is 198 g/mol. The molecule has 0 fully saturated rings. The Morgan fingerprint density at radius 2 is 1.58 bits per heavy atom. The minimum Gasteiger partial charge on any atom is -0.154 e. The molecule has 0 aromatic carbocycles. The molecule has 0 radical (unpaired) electrons. The molecule has 0 spiro atoms. The first-order valence-corrected chi connectivity index (χ1v) is 5.78. The lowest BCUT2D eigenvalue weighted by Crippen LogP contribution is -1.69. The fourth-order valence-electron chi connectivity index (χ4n) is 0.462. The molecule has 12 heavy (non-hydrogen) atoms. The van der Waals surface area contributed by atoms with E-state index in [9.17, 15) is 0 Å². The predicted octanol–water partition coefficient (Wildman–Crippen LogP) is 3.84. The van der Waals surface area contributed by atoms with Gasteiger partial charge in [-0.1, -0.05) is 24.3 Å². The van der Waals surface area contributed by atoms with Crippen LogP contribution in [0.4, 0.5) is 0 Å². The van der Waals surface area contributed by atoms with Crippen molar-refractivity contribution in [1.29, 1.82) is 0 Å². The number of hydrogen-bond donors (Lipinski definition) is 0. The summed E-state index contributed by atoms with van der Waals surface area (Å²) in [6.45, 7) is 7.15. The minimum absolute atomic E-state index is 1.03. The zero-order valence-corrected chi connectivity index (χ0v) is 8.74. The zero-order valence-electron chi connectivity index (χ0n) is 7.11. The molecule has 0 amide bonds. The van der Waals surface area contributed by atoms with Crippen molar-refractivity contribution >= 4 is 23.1 Å². The van der Waals surface area contributed by atoms with E-state index in [1.807, 2.05) is 46.8 Å². The summed E-state index contributed by atoms with van der Waals surface area (Å²) in [6, 6.07) is 4.04. The van der Waals surface area contributed by atoms with Gasteiger partial charge in [0.2, 0.25) is 0 Å². The summed E-state index contributed by atoms with van der Waals surface area (Å²) in [6.07, 6.45) is 3.79. The summed E-state index contributed by atoms with van der Waals surface area (Å²) in [4.78, 5) is 0. The Bertz CT molecular complexity index is 153. The van der Waals surface area contributed by atoms with Crippen molar-refractivity contribution < 1.29 is 0 Å². The Kier molecular flexibility index (Phi) is 10.1. The number of hydrogen-bond acceptors (Lipinski definition) is 2. The van der Waals surface area contributed by atoms with Crippen LogP contribution in [0.2, 0.25) is 0 Å². The third-order valence-electron chi connectivity index (χ3n) is 0.897. The highest BCUT2D eigenvalue weighted by molar-refractivity contribution is 7.99. The van der Waals surface area contributed by atoms with Crippen LogP contribution < -0.4 is 0 Å². The van der Waals surface area contributed by atoms with E-state index in [4.69, 9.17) is 0 Å². The molecule has 0 aliphatic carbocycles. The van der Waals surface area contributed by atoms with Crippen molar-refractivity contribution in [3.05, 3.63) is 48.2 Å². The summed E-state index contributed by atoms with van der Waals surface area (Å²) in [5.74, 6) is 2.07. The van der Waals surface area contributed by atoms with E-state index in [1.165, 1.54) is 0 Å². The van der Waals surface area contributed by atoms with E-state index >= 15 is 0 Å². The summed E-state index contributed by atoms with van der Waals surface area (Å²) < 4.78 is 0. The van der Waals surface area contributed by atoms with Gasteiger partial charge in [-0.25, -0.2) is 0 Å². The van der Waals surface area contributed by atoms with Gasteiger partial charge >= 0.3 is 0 Å². The smallest absolute Gasteiger partial charge is 0.0113 e. The Morgan fingerprint density at radius 1 is 1.08 bits per heavy atom. The number of thioether (sulfide) groups is 1. The van der Waals surface area contributed by atoms with E-state index in [0.29, 0.717) is 0 Å². The second kappa shape index (κ2) is 10.5. The van der Waals surface area contributed by atoms with Crippen molar-refractivity contribution in [3.63, 3.8) is 0 Å². The van der Waals surface area contributed by atoms with Gasteiger partial charge in [-0.3, -0.25) is 0 Å². The molecule has 1 aromatic rings. The van der Waals surface area contributed by atoms with Crippen molar-refractivity contribution in [2.24, 2.45) is 0 Å². The maximum atomic E-state index is 3.58. The van der Waals surface area contributed by atoms with Crippen molar-refractivity contribution in [3.8, 4) is 0 Å². The molecule has 66 valence electrons. The van der Waals surface area contributed by atoms with Gasteiger partial charge in [0.15, 0.2) is 0 Å². The van der Waals surface area contributed by atoms with Crippen molar-refractivity contribution in [2.45, 2.75) is 0 Å². The molecular formula is C10H14S2. The molecule has 0 bridgehead atoms. The van der Waals surface area contributed by atoms with Gasteiger partial charge in [0.05, 0.1) is 0 Å². The topological polar surface area (TPSA) is 0 Å². The SMILES string of the molecule is C=CCSCC=C.c1ccsc1. The lowest BCUT2D eigenvalue weighted by Gasteiger charge is -1.85. The normalized spacial score (nSPS) is 8.00. The highest BCUT2D eigenvalue weighted by Gasteiger charge is 1.73. The first-order valence-electron chi connectivity index (χ1n) is 3.68. The predicted molar refractivity (Wildman–Crippen MR) is 62.0 cm³/mol. The Balaban J connectivity index is 0.000000211. The Labute approximate surface area is 83.0 Å². The highest BCUT2D eigenvalue weighted by Crippen LogP contribution is 1.97. The lowest BCUT2D eigenvalue weighted by molar-refractivity contribution is 1.74. The summed E-state index contributed by atoms with van der Waals surface area (Å²) in [7, 11) is 0. The molecular weight excluding hydrogens is 184 g/mol. The summed E-state index contributed by atoms with van der Waals surface area (Å²) in [5.41, 5.74) is 0. The van der Waals surface area contributed by atoms with Crippen LogP contribution in [0.5, 0.6) is 0 Å². The van der Waals surface area contributed by atoms with Crippen LogP contribution in [0.1, 0.15) is 0 Å². The van der Waals surface area contributed by atoms with Crippen LogP contribution >= 0.6 is 23.1 Å². The monoisotopic (exact) mass is 198 g/mol. The van der Waals surface area contributed by atoms with E-state index < -0.39 is 0 Å². The zero-order chi connectivity index (χ0) is 9.07. The molecule has 0 aliphatic heterocycles. The van der Waals surface area contributed by atoms with Gasteiger partial charge in [0, 0.05) is 11.5 Å². The third-order valence-corrected chi connectivity index (χ3v) is 2.47. The van der Waals surface area contributed by atoms with Gasteiger partial charge < -0.3 is 0 Å². The summed E-state index contributed by atoms with van der Waals surface area (Å²) in [5, 5.41) is 4.08. The van der Waals surface area contributed by atoms with E-state index in [-0.39, 0.29) is 0 Å². The fraction of sp³-hybridized carbons (Fsp3) is 0.200. The second-order valence-electron chi connectivity index (χ2n) is 1.91. The van der Waals surface area contributed by atoms with Crippen LogP contribution in [0.25, 0.3) is 0 Å². The van der Waals surface area contributed by atoms with Gasteiger partial charge in [-0.05, 0) is 10.8 Å². The maximum absolute atomic E-state index is 3.58. The minimum atomic E-state index is 1.03. The molecule has 1 aromatic heterocycles. The lowest BCUT2D eigenvalue weighted by atomic mass is 10.7. The molecule has 0 unspecified atom stereocenters. The van der Waals surface area contributed by atoms with Crippen LogP contribution in [-0.4, -0.2) is 11.5 Å². The van der Waals surface area contributed by atoms with Gasteiger partial charge in [0.1, 0.15) is 0 Å². The van der Waals surface area contributed by atoms with Crippen molar-refractivity contribution in [2.75, 3.05) is 11.5 Å². The quantitative estimate of drug-likeness (QED) is 0.523. The molecule has 0 aliphatic rings. The molecule has 2 heteroatoms. The van der Waals surface area contributed by atoms with Gasteiger partial charge in [-0.2, -0.15) is 23.1 Å². The molecule has 1 rings (SSSR count). The van der Waals surface area contributed by atoms with Crippen LogP contribution in [0.15, 0.2) is 48.2 Å². The largest absolute Gasteiger partial charge is 0.154 e.